The number of aromatic nitrogens is 2. The number of aromatic amines is 1. The Morgan fingerprint density at radius 1 is 1.23 bits per heavy atom. The molecule has 0 aliphatic rings. The molecule has 0 saturated heterocycles. The quantitative estimate of drug-likeness (QED) is 0.640. The van der Waals surface area contributed by atoms with Gasteiger partial charge in [-0.3, -0.25) is 14.6 Å². The maximum Gasteiger partial charge on any atom is 0.265 e. The third kappa shape index (κ3) is 3.16. The monoisotopic (exact) mass is 355 g/mol. The van der Waals surface area contributed by atoms with Crippen LogP contribution >= 0.6 is 0 Å². The third-order valence-electron chi connectivity index (χ3n) is 3.87. The van der Waals surface area contributed by atoms with Crippen LogP contribution in [0.4, 0.5) is 0 Å². The molecule has 0 fully saturated rings. The van der Waals surface area contributed by atoms with Gasteiger partial charge < -0.3 is 24.9 Å². The summed E-state index contributed by atoms with van der Waals surface area (Å²) in [6.07, 6.45) is 1.60. The number of nitrogens with one attached hydrogen (secondary N) is 2. The Morgan fingerprint density at radius 2 is 1.96 bits per heavy atom. The standard InChI is InChI=1S/C18H17N3O5/c1-25-13-7-11-12(8-14(13)26-2)21-18(24)15(16(11)22)17(23)20-9-10-5-3-4-6-19-10/h3-8H,9H2,1-2H3,(H,20,23)(H2,21,22,24). The summed E-state index contributed by atoms with van der Waals surface area (Å²) in [4.78, 5) is 31.4. The molecule has 2 heterocycles. The number of methoxy groups -OCH3 is 2. The van der Waals surface area contributed by atoms with Gasteiger partial charge >= 0.3 is 0 Å². The average molecular weight is 355 g/mol. The molecule has 0 bridgehead atoms. The van der Waals surface area contributed by atoms with E-state index in [9.17, 15) is 14.7 Å². The van der Waals surface area contributed by atoms with Gasteiger partial charge in [-0.1, -0.05) is 6.07 Å². The van der Waals surface area contributed by atoms with Crippen LogP contribution in [-0.4, -0.2) is 35.2 Å². The summed E-state index contributed by atoms with van der Waals surface area (Å²) in [6.45, 7) is 0.128. The lowest BCUT2D eigenvalue weighted by atomic mass is 10.1. The van der Waals surface area contributed by atoms with Gasteiger partial charge in [0, 0.05) is 17.6 Å². The summed E-state index contributed by atoms with van der Waals surface area (Å²) in [5, 5.41) is 13.3. The normalized spacial score (nSPS) is 10.5. The van der Waals surface area contributed by atoms with E-state index in [0.29, 0.717) is 22.7 Å². The van der Waals surface area contributed by atoms with Crippen LogP contribution in [0.15, 0.2) is 41.3 Å². The zero-order chi connectivity index (χ0) is 18.7. The molecule has 0 aliphatic carbocycles. The predicted molar refractivity (Wildman–Crippen MR) is 94.7 cm³/mol. The number of nitrogens with zero attached hydrogens (tertiary/aromatic N) is 1. The van der Waals surface area contributed by atoms with E-state index in [1.165, 1.54) is 26.4 Å². The Morgan fingerprint density at radius 3 is 2.62 bits per heavy atom. The molecule has 0 spiro atoms. The molecule has 0 saturated carbocycles. The van der Waals surface area contributed by atoms with Crippen molar-refractivity contribution in [1.82, 2.24) is 15.3 Å². The van der Waals surface area contributed by atoms with E-state index in [1.54, 1.807) is 24.4 Å². The van der Waals surface area contributed by atoms with Crippen LogP contribution in [0.25, 0.3) is 10.9 Å². The number of pyridine rings is 2. The van der Waals surface area contributed by atoms with E-state index >= 15 is 0 Å². The van der Waals surface area contributed by atoms with Gasteiger partial charge in [-0.05, 0) is 18.2 Å². The SMILES string of the molecule is COc1cc2[nH]c(=O)c(C(=O)NCc3ccccn3)c(O)c2cc1OC. The first-order valence-electron chi connectivity index (χ1n) is 7.74. The minimum atomic E-state index is -0.708. The minimum absolute atomic E-state index is 0.128. The largest absolute Gasteiger partial charge is 0.506 e. The minimum Gasteiger partial charge on any atom is -0.506 e. The number of hydrogen-bond acceptors (Lipinski definition) is 6. The van der Waals surface area contributed by atoms with Crippen molar-refractivity contribution in [1.29, 1.82) is 0 Å². The van der Waals surface area contributed by atoms with Gasteiger partial charge in [0.2, 0.25) is 0 Å². The maximum absolute atomic E-state index is 12.4. The number of hydrogen-bond donors (Lipinski definition) is 3. The Labute approximate surface area is 148 Å². The smallest absolute Gasteiger partial charge is 0.265 e. The molecular formula is C18H17N3O5. The molecule has 3 rings (SSSR count). The summed E-state index contributed by atoms with van der Waals surface area (Å²) in [6, 6.07) is 8.29. The Balaban J connectivity index is 2.00. The number of rotatable bonds is 5. The summed E-state index contributed by atoms with van der Waals surface area (Å²) < 4.78 is 10.4. The van der Waals surface area contributed by atoms with Crippen molar-refractivity contribution in [2.45, 2.75) is 6.54 Å². The molecule has 3 aromatic rings. The van der Waals surface area contributed by atoms with Crippen LogP contribution < -0.4 is 20.3 Å². The van der Waals surface area contributed by atoms with Crippen molar-refractivity contribution < 1.29 is 19.4 Å². The number of ether oxygens (including phenoxy) is 2. The molecule has 0 aliphatic heterocycles. The first kappa shape index (κ1) is 17.3. The van der Waals surface area contributed by atoms with Gasteiger partial charge in [0.25, 0.3) is 11.5 Å². The van der Waals surface area contributed by atoms with E-state index in [1.807, 2.05) is 0 Å². The van der Waals surface area contributed by atoms with Crippen LogP contribution in [0.3, 0.4) is 0 Å². The van der Waals surface area contributed by atoms with Crippen molar-refractivity contribution in [3.05, 3.63) is 58.1 Å². The molecule has 3 N–H and O–H groups in total. The van der Waals surface area contributed by atoms with Crippen LogP contribution in [0.2, 0.25) is 0 Å². The number of carbonyl (C=O) groups excluding carboxylic acids is 1. The average Bonchev–Trinajstić information content (AvgIpc) is 2.66. The highest BCUT2D eigenvalue weighted by Gasteiger charge is 2.20. The van der Waals surface area contributed by atoms with Gasteiger partial charge in [0.05, 0.1) is 32.0 Å². The van der Waals surface area contributed by atoms with E-state index in [0.717, 1.165) is 0 Å². The van der Waals surface area contributed by atoms with Gasteiger partial charge in [-0.25, -0.2) is 0 Å². The number of fused-ring (bicyclic) bond motifs is 1. The maximum atomic E-state index is 12.4. The van der Waals surface area contributed by atoms with Crippen molar-refractivity contribution in [3.63, 3.8) is 0 Å². The lowest BCUT2D eigenvalue weighted by Gasteiger charge is -2.12. The number of aromatic hydroxyl groups is 1. The Hall–Kier alpha value is -3.55. The van der Waals surface area contributed by atoms with Crippen LogP contribution in [0, 0.1) is 0 Å². The van der Waals surface area contributed by atoms with Gasteiger partial charge in [0.1, 0.15) is 11.3 Å². The first-order chi connectivity index (χ1) is 12.5. The molecule has 0 unspecified atom stereocenters. The highest BCUT2D eigenvalue weighted by atomic mass is 16.5. The second kappa shape index (κ2) is 7.14. The molecule has 134 valence electrons. The van der Waals surface area contributed by atoms with E-state index < -0.39 is 17.2 Å². The van der Waals surface area contributed by atoms with E-state index in [-0.39, 0.29) is 17.5 Å². The Kier molecular flexibility index (Phi) is 4.74. The number of amides is 1. The molecule has 26 heavy (non-hydrogen) atoms. The summed E-state index contributed by atoms with van der Waals surface area (Å²) in [5.74, 6) is -0.376. The zero-order valence-corrected chi connectivity index (χ0v) is 14.2. The molecule has 2 aromatic heterocycles. The summed E-state index contributed by atoms with van der Waals surface area (Å²) in [7, 11) is 2.91. The number of carbonyl (C=O) groups is 1. The first-order valence-corrected chi connectivity index (χ1v) is 7.74. The fourth-order valence-corrected chi connectivity index (χ4v) is 2.58. The summed E-state index contributed by atoms with van der Waals surface area (Å²) >= 11 is 0. The van der Waals surface area contributed by atoms with E-state index in [2.05, 4.69) is 15.3 Å². The van der Waals surface area contributed by atoms with Crippen LogP contribution in [0.1, 0.15) is 16.1 Å². The number of benzene rings is 1. The van der Waals surface area contributed by atoms with E-state index in [4.69, 9.17) is 9.47 Å². The molecule has 0 atom stereocenters. The van der Waals surface area contributed by atoms with Crippen LogP contribution in [-0.2, 0) is 6.54 Å². The molecule has 8 nitrogen and oxygen atoms in total. The highest BCUT2D eigenvalue weighted by molar-refractivity contribution is 6.02. The second-order valence-electron chi connectivity index (χ2n) is 5.43. The summed E-state index contributed by atoms with van der Waals surface area (Å²) in [5.41, 5.74) is -0.128. The van der Waals surface area contributed by atoms with Gasteiger partial charge in [-0.2, -0.15) is 0 Å². The van der Waals surface area contributed by atoms with Crippen molar-refractivity contribution in [2.24, 2.45) is 0 Å². The fourth-order valence-electron chi connectivity index (χ4n) is 2.58. The highest BCUT2D eigenvalue weighted by Crippen LogP contribution is 2.35. The lowest BCUT2D eigenvalue weighted by Crippen LogP contribution is -2.29. The molecule has 8 heteroatoms. The topological polar surface area (TPSA) is 114 Å². The molecular weight excluding hydrogens is 338 g/mol. The van der Waals surface area contributed by atoms with Gasteiger partial charge in [-0.15, -0.1) is 0 Å². The number of H-pyrrole nitrogens is 1. The Bertz CT molecular complexity index is 1010. The molecule has 1 aromatic carbocycles. The fraction of sp³-hybridized carbons (Fsp3) is 0.167. The third-order valence-corrected chi connectivity index (χ3v) is 3.87. The molecule has 1 amide bonds. The van der Waals surface area contributed by atoms with Crippen molar-refractivity contribution in [3.8, 4) is 17.2 Å². The zero-order valence-electron chi connectivity index (χ0n) is 14.2. The predicted octanol–water partition coefficient (Wildman–Crippen LogP) is 1.58. The van der Waals surface area contributed by atoms with Crippen molar-refractivity contribution >= 4 is 16.8 Å². The van der Waals surface area contributed by atoms with Crippen molar-refractivity contribution in [2.75, 3.05) is 14.2 Å². The van der Waals surface area contributed by atoms with Gasteiger partial charge in [0.15, 0.2) is 11.5 Å². The lowest BCUT2D eigenvalue weighted by molar-refractivity contribution is 0.0946. The molecule has 0 radical (unpaired) electrons. The second-order valence-corrected chi connectivity index (χ2v) is 5.43. The van der Waals surface area contributed by atoms with Crippen LogP contribution in [0.5, 0.6) is 17.2 Å².